The molecule has 0 amide bonds. The van der Waals surface area contributed by atoms with Crippen molar-refractivity contribution in [1.29, 1.82) is 0 Å². The molecule has 0 aliphatic rings. The number of benzene rings is 1. The number of nitro groups is 1. The number of anilines is 1. The quantitative estimate of drug-likeness (QED) is 0.657. The molecule has 110 valence electrons. The molecule has 7 nitrogen and oxygen atoms in total. The van der Waals surface area contributed by atoms with Gasteiger partial charge < -0.3 is 0 Å². The summed E-state index contributed by atoms with van der Waals surface area (Å²) < 4.78 is 27.3. The Morgan fingerprint density at radius 1 is 1.29 bits per heavy atom. The normalized spacial score (nSPS) is 11.1. The van der Waals surface area contributed by atoms with Gasteiger partial charge in [0.05, 0.1) is 4.92 Å². The number of hydrogen-bond acceptors (Lipinski definition) is 5. The predicted octanol–water partition coefficient (Wildman–Crippen LogP) is 2.86. The van der Waals surface area contributed by atoms with Crippen LogP contribution in [0.5, 0.6) is 0 Å². The largest absolute Gasteiger partial charge is 0.289 e. The summed E-state index contributed by atoms with van der Waals surface area (Å²) in [5.41, 5.74) is 0.310. The van der Waals surface area contributed by atoms with E-state index in [1.54, 1.807) is 13.0 Å². The van der Waals surface area contributed by atoms with Crippen molar-refractivity contribution >= 4 is 37.5 Å². The minimum absolute atomic E-state index is 0.101. The molecule has 0 atom stereocenters. The third-order valence-electron chi connectivity index (χ3n) is 2.56. The fourth-order valence-corrected chi connectivity index (χ4v) is 3.35. The first kappa shape index (κ1) is 15.4. The van der Waals surface area contributed by atoms with Gasteiger partial charge in [0, 0.05) is 16.7 Å². The Bertz CT molecular complexity index is 808. The lowest BCUT2D eigenvalue weighted by atomic mass is 10.3. The molecule has 1 heterocycles. The van der Waals surface area contributed by atoms with Crippen LogP contribution in [0, 0.1) is 17.0 Å². The van der Waals surface area contributed by atoms with Crippen molar-refractivity contribution in [2.45, 2.75) is 11.8 Å². The number of sulfonamides is 1. The first-order valence-electron chi connectivity index (χ1n) is 5.69. The third kappa shape index (κ3) is 3.56. The lowest BCUT2D eigenvalue weighted by Crippen LogP contribution is -2.15. The molecule has 0 radical (unpaired) electrons. The number of rotatable bonds is 4. The number of nitro benzene ring substituents is 1. The van der Waals surface area contributed by atoms with Gasteiger partial charge in [0.25, 0.3) is 15.7 Å². The molecule has 0 saturated carbocycles. The molecule has 0 saturated heterocycles. The van der Waals surface area contributed by atoms with Crippen molar-refractivity contribution in [2.75, 3.05) is 4.72 Å². The van der Waals surface area contributed by atoms with E-state index in [4.69, 9.17) is 0 Å². The van der Waals surface area contributed by atoms with Gasteiger partial charge in [-0.05, 0) is 36.8 Å². The maximum Gasteiger partial charge on any atom is 0.289 e. The summed E-state index contributed by atoms with van der Waals surface area (Å²) in [7, 11) is -4.11. The Kier molecular flexibility index (Phi) is 4.24. The molecule has 0 aliphatic carbocycles. The average Bonchev–Trinajstić information content (AvgIpc) is 2.37. The molecule has 0 aliphatic heterocycles. The second-order valence-electron chi connectivity index (χ2n) is 4.19. The number of aromatic nitrogens is 1. The van der Waals surface area contributed by atoms with E-state index in [0.29, 0.717) is 4.47 Å². The number of pyridine rings is 1. The summed E-state index contributed by atoms with van der Waals surface area (Å²) in [6.45, 7) is 1.78. The van der Waals surface area contributed by atoms with E-state index in [1.165, 1.54) is 24.4 Å². The summed E-state index contributed by atoms with van der Waals surface area (Å²) in [6.07, 6.45) is 1.45. The summed E-state index contributed by atoms with van der Waals surface area (Å²) in [5.74, 6) is 0.101. The lowest BCUT2D eigenvalue weighted by molar-refractivity contribution is -0.387. The van der Waals surface area contributed by atoms with Crippen LogP contribution in [-0.4, -0.2) is 18.3 Å². The van der Waals surface area contributed by atoms with Gasteiger partial charge in [0.1, 0.15) is 5.82 Å². The van der Waals surface area contributed by atoms with Gasteiger partial charge in [-0.1, -0.05) is 15.9 Å². The van der Waals surface area contributed by atoms with E-state index < -0.39 is 25.5 Å². The monoisotopic (exact) mass is 371 g/mol. The molecule has 0 spiro atoms. The van der Waals surface area contributed by atoms with Crippen molar-refractivity contribution in [1.82, 2.24) is 4.98 Å². The van der Waals surface area contributed by atoms with Gasteiger partial charge in [-0.2, -0.15) is 0 Å². The van der Waals surface area contributed by atoms with Crippen LogP contribution in [0.1, 0.15) is 5.56 Å². The highest BCUT2D eigenvalue weighted by Gasteiger charge is 2.26. The topological polar surface area (TPSA) is 102 Å². The Labute approximate surface area is 129 Å². The van der Waals surface area contributed by atoms with E-state index in [0.717, 1.165) is 11.6 Å². The van der Waals surface area contributed by atoms with E-state index in [-0.39, 0.29) is 5.82 Å². The van der Waals surface area contributed by atoms with Crippen molar-refractivity contribution in [3.63, 3.8) is 0 Å². The SMILES string of the molecule is Cc1ccnc(NS(=O)(=O)c2cc(Br)ccc2[N+](=O)[O-])c1. The van der Waals surface area contributed by atoms with Crippen LogP contribution in [0.15, 0.2) is 45.9 Å². The molecule has 1 aromatic carbocycles. The number of nitrogens with one attached hydrogen (secondary N) is 1. The van der Waals surface area contributed by atoms with Crippen LogP contribution in [0.2, 0.25) is 0 Å². The Morgan fingerprint density at radius 3 is 2.62 bits per heavy atom. The van der Waals surface area contributed by atoms with Crippen molar-refractivity contribution in [2.24, 2.45) is 0 Å². The zero-order valence-electron chi connectivity index (χ0n) is 10.8. The standard InChI is InChI=1S/C12H10BrN3O4S/c1-8-4-5-14-12(6-8)15-21(19,20)11-7-9(13)2-3-10(11)16(17)18/h2-7H,1H3,(H,14,15). The average molecular weight is 372 g/mol. The van der Waals surface area contributed by atoms with Crippen LogP contribution in [0.25, 0.3) is 0 Å². The molecular formula is C12H10BrN3O4S. The van der Waals surface area contributed by atoms with Crippen LogP contribution < -0.4 is 4.72 Å². The third-order valence-corrected chi connectivity index (χ3v) is 4.44. The highest BCUT2D eigenvalue weighted by molar-refractivity contribution is 9.10. The molecule has 2 aromatic rings. The Balaban J connectivity index is 2.49. The number of hydrogen-bond donors (Lipinski definition) is 1. The molecule has 0 unspecified atom stereocenters. The molecule has 1 aromatic heterocycles. The number of aryl methyl sites for hydroxylation is 1. The molecule has 2 rings (SSSR count). The summed E-state index contributed by atoms with van der Waals surface area (Å²) in [6, 6.07) is 6.95. The van der Waals surface area contributed by atoms with Crippen LogP contribution in [0.4, 0.5) is 11.5 Å². The lowest BCUT2D eigenvalue weighted by Gasteiger charge is -2.08. The highest BCUT2D eigenvalue weighted by atomic mass is 79.9. The first-order valence-corrected chi connectivity index (χ1v) is 7.96. The zero-order chi connectivity index (χ0) is 15.6. The number of nitrogens with zero attached hydrogens (tertiary/aromatic N) is 2. The zero-order valence-corrected chi connectivity index (χ0v) is 13.2. The molecule has 0 bridgehead atoms. The first-order chi connectivity index (χ1) is 9.79. The molecule has 9 heteroatoms. The second-order valence-corrected chi connectivity index (χ2v) is 6.76. The van der Waals surface area contributed by atoms with Gasteiger partial charge in [-0.25, -0.2) is 13.4 Å². The highest BCUT2D eigenvalue weighted by Crippen LogP contribution is 2.28. The van der Waals surface area contributed by atoms with E-state index in [9.17, 15) is 18.5 Å². The van der Waals surface area contributed by atoms with Crippen molar-refractivity contribution < 1.29 is 13.3 Å². The van der Waals surface area contributed by atoms with Gasteiger partial charge >= 0.3 is 0 Å². The van der Waals surface area contributed by atoms with Crippen LogP contribution >= 0.6 is 15.9 Å². The molecular weight excluding hydrogens is 362 g/mol. The van der Waals surface area contributed by atoms with Gasteiger partial charge in [-0.3, -0.25) is 14.8 Å². The Hall–Kier alpha value is -2.00. The maximum absolute atomic E-state index is 12.3. The van der Waals surface area contributed by atoms with Crippen molar-refractivity contribution in [3.05, 3.63) is 56.7 Å². The summed E-state index contributed by atoms with van der Waals surface area (Å²) in [5, 5.41) is 11.0. The minimum atomic E-state index is -4.11. The second kappa shape index (κ2) is 5.78. The van der Waals surface area contributed by atoms with Gasteiger partial charge in [0.2, 0.25) is 0 Å². The van der Waals surface area contributed by atoms with Crippen LogP contribution in [0.3, 0.4) is 0 Å². The summed E-state index contributed by atoms with van der Waals surface area (Å²) >= 11 is 3.10. The molecule has 21 heavy (non-hydrogen) atoms. The molecule has 1 N–H and O–H groups in total. The maximum atomic E-state index is 12.3. The predicted molar refractivity (Wildman–Crippen MR) is 80.6 cm³/mol. The smallest absolute Gasteiger partial charge is 0.263 e. The number of halogens is 1. The fraction of sp³-hybridized carbons (Fsp3) is 0.0833. The Morgan fingerprint density at radius 2 is 2.00 bits per heavy atom. The summed E-state index contributed by atoms with van der Waals surface area (Å²) in [4.78, 5) is 13.7. The van der Waals surface area contributed by atoms with E-state index in [1.807, 2.05) is 0 Å². The van der Waals surface area contributed by atoms with Gasteiger partial charge in [-0.15, -0.1) is 0 Å². The fourth-order valence-electron chi connectivity index (χ4n) is 1.64. The van der Waals surface area contributed by atoms with E-state index in [2.05, 4.69) is 25.6 Å². The van der Waals surface area contributed by atoms with Crippen LogP contribution in [-0.2, 0) is 10.0 Å². The van der Waals surface area contributed by atoms with Crippen molar-refractivity contribution in [3.8, 4) is 0 Å². The molecule has 0 fully saturated rings. The van der Waals surface area contributed by atoms with E-state index >= 15 is 0 Å². The minimum Gasteiger partial charge on any atom is -0.263 e. The van der Waals surface area contributed by atoms with Gasteiger partial charge in [0.15, 0.2) is 4.90 Å².